The summed E-state index contributed by atoms with van der Waals surface area (Å²) in [6, 6.07) is 2.28. The van der Waals surface area contributed by atoms with Gasteiger partial charge in [0.1, 0.15) is 0 Å². The zero-order chi connectivity index (χ0) is 16.4. The van der Waals surface area contributed by atoms with Crippen LogP contribution in [0.15, 0.2) is 0 Å². The van der Waals surface area contributed by atoms with Crippen LogP contribution in [0, 0.1) is 17.8 Å². The molecule has 6 unspecified atom stereocenters. The maximum Gasteiger partial charge on any atom is 0.0271 e. The molecule has 1 aliphatic heterocycles. The van der Waals surface area contributed by atoms with Crippen molar-refractivity contribution in [1.82, 2.24) is 15.3 Å². The maximum atomic E-state index is 4.00. The molecule has 0 amide bonds. The van der Waals surface area contributed by atoms with E-state index in [0.29, 0.717) is 6.04 Å². The Kier molecular flexibility index (Phi) is 6.03. The van der Waals surface area contributed by atoms with Gasteiger partial charge in [-0.05, 0) is 57.0 Å². The number of nitrogens with zero attached hydrogens (tertiary/aromatic N) is 2. The number of nitrogens with one attached hydrogen (secondary N) is 1. The van der Waals surface area contributed by atoms with Crippen molar-refractivity contribution < 1.29 is 0 Å². The fourth-order valence-corrected chi connectivity index (χ4v) is 6.01. The number of hydrogen-bond acceptors (Lipinski definition) is 3. The zero-order valence-electron chi connectivity index (χ0n) is 15.9. The van der Waals surface area contributed by atoms with E-state index in [9.17, 15) is 0 Å². The Morgan fingerprint density at radius 3 is 2.61 bits per heavy atom. The molecule has 3 nitrogen and oxygen atoms in total. The molecule has 3 rings (SSSR count). The number of piperidine rings is 1. The first-order valence-corrected chi connectivity index (χ1v) is 10.3. The van der Waals surface area contributed by atoms with Crippen LogP contribution in [-0.4, -0.2) is 48.7 Å². The lowest BCUT2D eigenvalue weighted by atomic mass is 9.74. The average Bonchev–Trinajstić information content (AvgIpc) is 2.57. The molecule has 134 valence electrons. The van der Waals surface area contributed by atoms with E-state index < -0.39 is 0 Å². The van der Waals surface area contributed by atoms with Crippen LogP contribution in [0.4, 0.5) is 0 Å². The van der Waals surface area contributed by atoms with Crippen LogP contribution in [0.1, 0.15) is 71.6 Å². The summed E-state index contributed by atoms with van der Waals surface area (Å²) in [5, 5.41) is 2.55. The third-order valence-electron chi connectivity index (χ3n) is 7.38. The van der Waals surface area contributed by atoms with Gasteiger partial charge in [0.25, 0.3) is 0 Å². The predicted octanol–water partition coefficient (Wildman–Crippen LogP) is 3.90. The van der Waals surface area contributed by atoms with Crippen LogP contribution < -0.4 is 5.43 Å². The lowest BCUT2D eigenvalue weighted by Crippen LogP contribution is -2.60. The van der Waals surface area contributed by atoms with Gasteiger partial charge in [0.2, 0.25) is 0 Å². The van der Waals surface area contributed by atoms with Crippen LogP contribution in [0.25, 0.3) is 0 Å². The Morgan fingerprint density at radius 1 is 1.04 bits per heavy atom. The monoisotopic (exact) mass is 321 g/mol. The Labute approximate surface area is 144 Å². The van der Waals surface area contributed by atoms with Gasteiger partial charge in [0.15, 0.2) is 0 Å². The minimum atomic E-state index is 0.705. The minimum Gasteiger partial charge on any atom is -0.303 e. The Hall–Kier alpha value is -0.120. The first-order valence-electron chi connectivity index (χ1n) is 10.3. The van der Waals surface area contributed by atoms with E-state index in [-0.39, 0.29) is 0 Å². The van der Waals surface area contributed by atoms with E-state index in [0.717, 1.165) is 29.8 Å². The molecule has 0 aromatic carbocycles. The molecule has 0 bridgehead atoms. The van der Waals surface area contributed by atoms with Gasteiger partial charge in [-0.15, -0.1) is 0 Å². The summed E-state index contributed by atoms with van der Waals surface area (Å²) >= 11 is 0. The van der Waals surface area contributed by atoms with Crippen LogP contribution in [0.5, 0.6) is 0 Å². The molecule has 3 aliphatic rings. The summed E-state index contributed by atoms with van der Waals surface area (Å²) in [4.78, 5) is 2.64. The molecule has 0 aromatic heterocycles. The van der Waals surface area contributed by atoms with Gasteiger partial charge in [0, 0.05) is 25.2 Å². The van der Waals surface area contributed by atoms with E-state index in [4.69, 9.17) is 0 Å². The molecule has 3 fully saturated rings. The van der Waals surface area contributed by atoms with Gasteiger partial charge in [-0.1, -0.05) is 46.0 Å². The Morgan fingerprint density at radius 2 is 1.83 bits per heavy atom. The molecule has 0 spiro atoms. The molecule has 2 saturated carbocycles. The van der Waals surface area contributed by atoms with Gasteiger partial charge < -0.3 is 4.90 Å². The van der Waals surface area contributed by atoms with Gasteiger partial charge in [0.05, 0.1) is 0 Å². The molecule has 2 aliphatic carbocycles. The highest BCUT2D eigenvalue weighted by Gasteiger charge is 2.39. The average molecular weight is 322 g/mol. The number of likely N-dealkylation sites (tertiary alicyclic amines) is 1. The second-order valence-corrected chi connectivity index (χ2v) is 8.68. The largest absolute Gasteiger partial charge is 0.303 e. The molecular formula is C20H39N3. The van der Waals surface area contributed by atoms with Crippen molar-refractivity contribution in [3.63, 3.8) is 0 Å². The standard InChI is InChI=1S/C20H39N3/c1-5-16-15(2)9-8-12-20(16)23(4)21-18-13-14-22(3)19-11-7-6-10-17(18)19/h15-21H,5-14H2,1-4H3. The highest BCUT2D eigenvalue weighted by molar-refractivity contribution is 4.94. The summed E-state index contributed by atoms with van der Waals surface area (Å²) in [7, 11) is 4.68. The highest BCUT2D eigenvalue weighted by Crippen LogP contribution is 2.37. The normalized spacial score (nSPS) is 42.7. The molecule has 3 heteroatoms. The van der Waals surface area contributed by atoms with Crippen molar-refractivity contribution in [1.29, 1.82) is 0 Å². The quantitative estimate of drug-likeness (QED) is 0.792. The summed E-state index contributed by atoms with van der Waals surface area (Å²) in [5.74, 6) is 2.63. The summed E-state index contributed by atoms with van der Waals surface area (Å²) < 4.78 is 0. The van der Waals surface area contributed by atoms with Crippen molar-refractivity contribution in [2.75, 3.05) is 20.6 Å². The van der Waals surface area contributed by atoms with Gasteiger partial charge >= 0.3 is 0 Å². The predicted molar refractivity (Wildman–Crippen MR) is 98.3 cm³/mol. The zero-order valence-corrected chi connectivity index (χ0v) is 15.9. The smallest absolute Gasteiger partial charge is 0.0271 e. The topological polar surface area (TPSA) is 18.5 Å². The summed E-state index contributed by atoms with van der Waals surface area (Å²) in [6.07, 6.45) is 12.6. The Bertz CT molecular complexity index is 372. The Balaban J connectivity index is 1.63. The van der Waals surface area contributed by atoms with Gasteiger partial charge in [-0.25, -0.2) is 5.01 Å². The summed E-state index contributed by atoms with van der Waals surface area (Å²) in [6.45, 7) is 6.13. The second-order valence-electron chi connectivity index (χ2n) is 8.68. The first-order chi connectivity index (χ1) is 11.1. The van der Waals surface area contributed by atoms with Crippen LogP contribution in [0.3, 0.4) is 0 Å². The number of hydrazine groups is 1. The van der Waals surface area contributed by atoms with E-state index in [1.54, 1.807) is 0 Å². The molecule has 0 aromatic rings. The van der Waals surface area contributed by atoms with Crippen molar-refractivity contribution in [2.24, 2.45) is 17.8 Å². The van der Waals surface area contributed by atoms with Crippen molar-refractivity contribution in [3.8, 4) is 0 Å². The third-order valence-corrected chi connectivity index (χ3v) is 7.38. The fourth-order valence-electron chi connectivity index (χ4n) is 6.01. The first kappa shape index (κ1) is 17.7. The molecule has 6 atom stereocenters. The molecule has 1 saturated heterocycles. The molecule has 1 N–H and O–H groups in total. The number of rotatable bonds is 4. The van der Waals surface area contributed by atoms with Crippen molar-refractivity contribution in [2.45, 2.75) is 89.8 Å². The lowest BCUT2D eigenvalue weighted by molar-refractivity contribution is -0.0116. The number of fused-ring (bicyclic) bond motifs is 1. The maximum absolute atomic E-state index is 4.00. The molecular weight excluding hydrogens is 282 g/mol. The van der Waals surface area contributed by atoms with Crippen molar-refractivity contribution >= 4 is 0 Å². The van der Waals surface area contributed by atoms with E-state index in [1.165, 1.54) is 64.3 Å². The molecule has 23 heavy (non-hydrogen) atoms. The van der Waals surface area contributed by atoms with Crippen LogP contribution in [-0.2, 0) is 0 Å². The third kappa shape index (κ3) is 3.77. The van der Waals surface area contributed by atoms with Gasteiger partial charge in [-0.3, -0.25) is 5.43 Å². The van der Waals surface area contributed by atoms with Crippen molar-refractivity contribution in [3.05, 3.63) is 0 Å². The van der Waals surface area contributed by atoms with E-state index in [2.05, 4.69) is 43.3 Å². The second kappa shape index (κ2) is 7.84. The van der Waals surface area contributed by atoms with E-state index >= 15 is 0 Å². The minimum absolute atomic E-state index is 0.705. The van der Waals surface area contributed by atoms with E-state index in [1.807, 2.05) is 0 Å². The highest BCUT2D eigenvalue weighted by atomic mass is 15.5. The molecule has 1 heterocycles. The van der Waals surface area contributed by atoms with Gasteiger partial charge in [-0.2, -0.15) is 0 Å². The van der Waals surface area contributed by atoms with Crippen LogP contribution in [0.2, 0.25) is 0 Å². The molecule has 0 radical (unpaired) electrons. The lowest BCUT2D eigenvalue weighted by Gasteiger charge is -2.49. The summed E-state index contributed by atoms with van der Waals surface area (Å²) in [5.41, 5.74) is 4.00. The number of hydrogen-bond donors (Lipinski definition) is 1. The fraction of sp³-hybridized carbons (Fsp3) is 1.00. The van der Waals surface area contributed by atoms with Crippen LogP contribution >= 0.6 is 0 Å². The SMILES string of the molecule is CCC1C(C)CCCC1N(C)NC1CCN(C)C2CCCCC12.